The SMILES string of the molecule is C=CC1CN2CCC1CC2[C@@H](Nc1c(Nc2cc(C)cc(C)c2)c(=O)c1=O)c1cc(-c2ccccc2)nc2ccc(OC)cc12. The Morgan fingerprint density at radius 2 is 1.73 bits per heavy atom. The molecule has 0 amide bonds. The van der Waals surface area contributed by atoms with E-state index in [4.69, 9.17) is 9.72 Å². The van der Waals surface area contributed by atoms with Crippen molar-refractivity contribution in [2.24, 2.45) is 11.8 Å². The summed E-state index contributed by atoms with van der Waals surface area (Å²) >= 11 is 0. The summed E-state index contributed by atoms with van der Waals surface area (Å²) in [6, 6.07) is 24.1. The average molecular weight is 599 g/mol. The number of aromatic nitrogens is 1. The minimum absolute atomic E-state index is 0.0961. The lowest BCUT2D eigenvalue weighted by atomic mass is 9.72. The number of pyridine rings is 1. The highest BCUT2D eigenvalue weighted by Crippen LogP contribution is 2.44. The van der Waals surface area contributed by atoms with E-state index in [2.05, 4.69) is 52.5 Å². The van der Waals surface area contributed by atoms with E-state index in [1.807, 2.05) is 62.4 Å². The molecule has 0 spiro atoms. The van der Waals surface area contributed by atoms with Crippen molar-refractivity contribution in [3.63, 3.8) is 0 Å². The fourth-order valence-electron chi connectivity index (χ4n) is 7.47. The Kier molecular flexibility index (Phi) is 7.50. The third-order valence-corrected chi connectivity index (χ3v) is 9.69. The molecule has 7 nitrogen and oxygen atoms in total. The maximum absolute atomic E-state index is 13.3. The van der Waals surface area contributed by atoms with E-state index in [1.54, 1.807) is 7.11 Å². The van der Waals surface area contributed by atoms with Crippen LogP contribution in [-0.2, 0) is 0 Å². The van der Waals surface area contributed by atoms with Gasteiger partial charge in [-0.25, -0.2) is 4.98 Å². The van der Waals surface area contributed by atoms with Crippen molar-refractivity contribution in [3.8, 4) is 17.0 Å². The standard InChI is InChI=1S/C38H38N4O3/c1-5-24-21-42-14-13-26(24)18-33(42)34(41-36-35(37(43)38(36)44)39-27-16-22(2)15-23(3)17-27)30-20-32(25-9-7-6-8-10-25)40-31-12-11-28(45-4)19-29(30)31/h5-12,15-17,19-20,24,26,33-34,39,41H,1,13-14,18,21H2,2-4H3/t24?,26?,33?,34-/m0/s1. The van der Waals surface area contributed by atoms with E-state index in [0.29, 0.717) is 23.2 Å². The molecule has 228 valence electrons. The molecule has 0 aliphatic carbocycles. The van der Waals surface area contributed by atoms with Crippen molar-refractivity contribution in [1.29, 1.82) is 0 Å². The summed E-state index contributed by atoms with van der Waals surface area (Å²) in [6.07, 6.45) is 4.18. The van der Waals surface area contributed by atoms with E-state index in [-0.39, 0.29) is 12.1 Å². The zero-order valence-electron chi connectivity index (χ0n) is 26.0. The van der Waals surface area contributed by atoms with Crippen molar-refractivity contribution >= 4 is 28.0 Å². The summed E-state index contributed by atoms with van der Waals surface area (Å²) in [7, 11) is 1.66. The molecule has 4 heterocycles. The summed E-state index contributed by atoms with van der Waals surface area (Å²) in [6.45, 7) is 10.1. The molecule has 5 atom stereocenters. The monoisotopic (exact) mass is 598 g/mol. The molecule has 3 aliphatic heterocycles. The number of aryl methyl sites for hydroxylation is 2. The second kappa shape index (κ2) is 11.6. The minimum Gasteiger partial charge on any atom is -0.497 e. The number of anilines is 3. The van der Waals surface area contributed by atoms with Crippen LogP contribution in [0.3, 0.4) is 0 Å². The highest BCUT2D eigenvalue weighted by atomic mass is 16.5. The molecule has 2 N–H and O–H groups in total. The van der Waals surface area contributed by atoms with E-state index in [1.165, 1.54) is 0 Å². The number of hydrogen-bond acceptors (Lipinski definition) is 7. The zero-order chi connectivity index (χ0) is 31.2. The summed E-state index contributed by atoms with van der Waals surface area (Å²) < 4.78 is 5.65. The molecular weight excluding hydrogens is 560 g/mol. The van der Waals surface area contributed by atoms with Gasteiger partial charge in [-0.15, -0.1) is 6.58 Å². The highest BCUT2D eigenvalue weighted by Gasteiger charge is 2.43. The normalized spacial score (nSPS) is 21.5. The molecule has 0 saturated carbocycles. The van der Waals surface area contributed by atoms with Crippen LogP contribution in [0.5, 0.6) is 5.75 Å². The molecule has 2 bridgehead atoms. The molecule has 8 rings (SSSR count). The maximum atomic E-state index is 13.3. The van der Waals surface area contributed by atoms with Gasteiger partial charge < -0.3 is 15.4 Å². The van der Waals surface area contributed by atoms with Gasteiger partial charge in [0.25, 0.3) is 10.9 Å². The van der Waals surface area contributed by atoms with Crippen molar-refractivity contribution in [1.82, 2.24) is 9.88 Å². The number of nitrogens with zero attached hydrogens (tertiary/aromatic N) is 2. The first-order valence-corrected chi connectivity index (χ1v) is 15.7. The smallest absolute Gasteiger partial charge is 0.253 e. The second-order valence-corrected chi connectivity index (χ2v) is 12.6. The van der Waals surface area contributed by atoms with Crippen molar-refractivity contribution < 1.29 is 4.74 Å². The molecule has 4 unspecified atom stereocenters. The first kappa shape index (κ1) is 29.0. The minimum atomic E-state index is -0.501. The molecule has 3 saturated heterocycles. The molecule has 7 heteroatoms. The van der Waals surface area contributed by atoms with Gasteiger partial charge in [-0.1, -0.05) is 42.5 Å². The second-order valence-electron chi connectivity index (χ2n) is 12.6. The Labute approximate surface area is 263 Å². The van der Waals surface area contributed by atoms with Crippen LogP contribution < -0.4 is 26.2 Å². The zero-order valence-corrected chi connectivity index (χ0v) is 26.0. The highest BCUT2D eigenvalue weighted by molar-refractivity contribution is 5.88. The third-order valence-electron chi connectivity index (χ3n) is 9.69. The van der Waals surface area contributed by atoms with E-state index >= 15 is 0 Å². The number of hydrogen-bond donors (Lipinski definition) is 2. The number of rotatable bonds is 9. The molecule has 3 fully saturated rings. The van der Waals surface area contributed by atoms with Crippen LogP contribution in [0, 0.1) is 25.7 Å². The van der Waals surface area contributed by atoms with Crippen LogP contribution in [-0.4, -0.2) is 36.1 Å². The van der Waals surface area contributed by atoms with Crippen LogP contribution in [0.15, 0.2) is 95.0 Å². The fraction of sp³-hybridized carbons (Fsp3) is 0.289. The van der Waals surface area contributed by atoms with Gasteiger partial charge in [0.15, 0.2) is 0 Å². The lowest BCUT2D eigenvalue weighted by Crippen LogP contribution is -2.56. The topological polar surface area (TPSA) is 83.6 Å². The predicted octanol–water partition coefficient (Wildman–Crippen LogP) is 6.92. The molecule has 4 aromatic carbocycles. The molecule has 0 radical (unpaired) electrons. The summed E-state index contributed by atoms with van der Waals surface area (Å²) in [5.74, 6) is 1.69. The van der Waals surface area contributed by atoms with Crippen LogP contribution in [0.25, 0.3) is 22.2 Å². The first-order chi connectivity index (χ1) is 21.8. The number of benzene rings is 3. The average Bonchev–Trinajstić information content (AvgIpc) is 3.07. The van der Waals surface area contributed by atoms with E-state index in [0.717, 1.165) is 76.2 Å². The molecule has 5 aromatic rings. The Bertz CT molecular complexity index is 1960. The van der Waals surface area contributed by atoms with Gasteiger partial charge in [-0.05, 0) is 98.2 Å². The van der Waals surface area contributed by atoms with Crippen molar-refractivity contribution in [3.05, 3.63) is 123 Å². The molecule has 3 aliphatic rings. The van der Waals surface area contributed by atoms with Gasteiger partial charge in [-0.2, -0.15) is 0 Å². The number of fused-ring (bicyclic) bond motifs is 4. The van der Waals surface area contributed by atoms with E-state index < -0.39 is 10.9 Å². The van der Waals surface area contributed by atoms with Crippen LogP contribution in [0.1, 0.15) is 35.6 Å². The first-order valence-electron chi connectivity index (χ1n) is 15.7. The number of nitrogens with one attached hydrogen (secondary N) is 2. The van der Waals surface area contributed by atoms with Gasteiger partial charge in [0, 0.05) is 29.2 Å². The lowest BCUT2D eigenvalue weighted by molar-refractivity contribution is 0.0105. The summed E-state index contributed by atoms with van der Waals surface area (Å²) in [5.41, 5.74) is 6.34. The van der Waals surface area contributed by atoms with Gasteiger partial charge in [0.2, 0.25) is 0 Å². The Morgan fingerprint density at radius 1 is 0.978 bits per heavy atom. The summed E-state index contributed by atoms with van der Waals surface area (Å²) in [5, 5.41) is 7.89. The van der Waals surface area contributed by atoms with Gasteiger partial charge >= 0.3 is 0 Å². The Balaban J connectivity index is 1.38. The number of methoxy groups -OCH3 is 1. The predicted molar refractivity (Wildman–Crippen MR) is 182 cm³/mol. The maximum Gasteiger partial charge on any atom is 0.253 e. The summed E-state index contributed by atoms with van der Waals surface area (Å²) in [4.78, 5) is 33.9. The van der Waals surface area contributed by atoms with E-state index in [9.17, 15) is 9.59 Å². The fourth-order valence-corrected chi connectivity index (χ4v) is 7.47. The quantitative estimate of drug-likeness (QED) is 0.141. The van der Waals surface area contributed by atoms with Crippen LogP contribution in [0.4, 0.5) is 17.1 Å². The third kappa shape index (κ3) is 5.31. The number of piperidine rings is 3. The molecular formula is C38H38N4O3. The van der Waals surface area contributed by atoms with Gasteiger partial charge in [0.1, 0.15) is 17.1 Å². The lowest BCUT2D eigenvalue weighted by Gasteiger charge is -2.52. The number of ether oxygens (including phenoxy) is 1. The molecule has 1 aromatic heterocycles. The Hall–Kier alpha value is -4.75. The van der Waals surface area contributed by atoms with Crippen molar-refractivity contribution in [2.75, 3.05) is 30.8 Å². The van der Waals surface area contributed by atoms with Gasteiger partial charge in [-0.3, -0.25) is 14.5 Å². The Morgan fingerprint density at radius 3 is 2.42 bits per heavy atom. The largest absolute Gasteiger partial charge is 0.497 e. The molecule has 45 heavy (non-hydrogen) atoms. The van der Waals surface area contributed by atoms with Crippen LogP contribution in [0.2, 0.25) is 0 Å². The van der Waals surface area contributed by atoms with Crippen LogP contribution >= 0.6 is 0 Å². The van der Waals surface area contributed by atoms with Gasteiger partial charge in [0.05, 0.1) is 24.4 Å². The van der Waals surface area contributed by atoms with Crippen molar-refractivity contribution in [2.45, 2.75) is 38.8 Å².